The topological polar surface area (TPSA) is 145 Å². The Bertz CT molecular complexity index is 772. The first-order valence-corrected chi connectivity index (χ1v) is 8.10. The van der Waals surface area contributed by atoms with Crippen LogP contribution in [0.1, 0.15) is 29.8 Å². The van der Waals surface area contributed by atoms with Gasteiger partial charge in [0.1, 0.15) is 6.04 Å². The molecule has 27 heavy (non-hydrogen) atoms. The smallest absolute Gasteiger partial charge is 0.267 e. The van der Waals surface area contributed by atoms with Crippen molar-refractivity contribution < 1.29 is 25.0 Å². The van der Waals surface area contributed by atoms with Crippen LogP contribution in [-0.4, -0.2) is 52.0 Å². The number of hydroxylamine groups is 1. The highest BCUT2D eigenvalue weighted by Crippen LogP contribution is 2.09. The van der Waals surface area contributed by atoms with Crippen molar-refractivity contribution in [3.8, 4) is 23.7 Å². The lowest BCUT2D eigenvalue weighted by Gasteiger charge is -2.29. The van der Waals surface area contributed by atoms with E-state index in [1.165, 1.54) is 17.6 Å². The Hall–Kier alpha value is -2.88. The lowest BCUT2D eigenvalue weighted by atomic mass is 9.95. The molecule has 1 atom stereocenters. The van der Waals surface area contributed by atoms with Crippen LogP contribution in [0, 0.1) is 29.6 Å². The molecule has 0 fully saturated rings. The monoisotopic (exact) mass is 373 g/mol. The Labute approximate surface area is 157 Å². The molecule has 1 rings (SSSR count). The van der Waals surface area contributed by atoms with E-state index in [0.717, 1.165) is 0 Å². The number of benzene rings is 1. The summed E-state index contributed by atoms with van der Waals surface area (Å²) in [5.41, 5.74) is 7.15. The summed E-state index contributed by atoms with van der Waals surface area (Å²) in [6.45, 7) is 2.60. The Morgan fingerprint density at radius 2 is 1.74 bits per heavy atom. The van der Waals surface area contributed by atoms with Gasteiger partial charge in [-0.15, -0.1) is 0 Å². The van der Waals surface area contributed by atoms with Gasteiger partial charge in [0.15, 0.2) is 0 Å². The van der Waals surface area contributed by atoms with Crippen molar-refractivity contribution in [2.45, 2.75) is 25.4 Å². The summed E-state index contributed by atoms with van der Waals surface area (Å²) in [7, 11) is 0. The summed E-state index contributed by atoms with van der Waals surface area (Å²) in [5, 5.41) is 29.1. The SMILES string of the molecule is CC(C)(N)C(NC(=O)c1ccc(C#CC#CC(CO)CO)cc1)C(=O)NO. The standard InChI is InChI=1S/C19H23N3O5/c1-19(2,20)16(18(26)22-27)21-17(25)15-9-7-13(8-10-15)5-3-4-6-14(11-23)12-24/h7-10,14,16,23-24,27H,11-12,20H2,1-2H3,(H,21,25)(H,22,26). The first-order chi connectivity index (χ1) is 12.7. The van der Waals surface area contributed by atoms with Crippen molar-refractivity contribution in [3.05, 3.63) is 35.4 Å². The lowest BCUT2D eigenvalue weighted by Crippen LogP contribution is -2.61. The Kier molecular flexibility index (Phi) is 8.46. The number of hydrogen-bond acceptors (Lipinski definition) is 6. The average molecular weight is 373 g/mol. The molecule has 0 saturated heterocycles. The molecule has 1 aromatic rings. The minimum absolute atomic E-state index is 0.246. The maximum atomic E-state index is 12.3. The van der Waals surface area contributed by atoms with Crippen LogP contribution in [0.4, 0.5) is 0 Å². The van der Waals surface area contributed by atoms with E-state index >= 15 is 0 Å². The van der Waals surface area contributed by atoms with Crippen LogP contribution in [0.25, 0.3) is 0 Å². The second kappa shape index (κ2) is 10.3. The van der Waals surface area contributed by atoms with Crippen LogP contribution < -0.4 is 16.5 Å². The summed E-state index contributed by atoms with van der Waals surface area (Å²) < 4.78 is 0. The summed E-state index contributed by atoms with van der Waals surface area (Å²) in [5.74, 6) is 8.64. The number of carbonyl (C=O) groups excluding carboxylic acids is 2. The third kappa shape index (κ3) is 7.10. The number of nitrogens with one attached hydrogen (secondary N) is 2. The molecular weight excluding hydrogens is 350 g/mol. The molecule has 0 spiro atoms. The van der Waals surface area contributed by atoms with Crippen LogP contribution in [0.5, 0.6) is 0 Å². The summed E-state index contributed by atoms with van der Waals surface area (Å²) in [6.07, 6.45) is 0. The van der Waals surface area contributed by atoms with E-state index in [9.17, 15) is 9.59 Å². The zero-order chi connectivity index (χ0) is 20.4. The number of carbonyl (C=O) groups is 2. The summed E-state index contributed by atoms with van der Waals surface area (Å²) in [4.78, 5) is 24.0. The first kappa shape index (κ1) is 22.2. The van der Waals surface area contributed by atoms with Gasteiger partial charge in [-0.2, -0.15) is 0 Å². The van der Waals surface area contributed by atoms with E-state index in [1.807, 2.05) is 0 Å². The average Bonchev–Trinajstić information content (AvgIpc) is 2.65. The number of nitrogens with two attached hydrogens (primary N) is 1. The van der Waals surface area contributed by atoms with Gasteiger partial charge in [-0.1, -0.05) is 11.8 Å². The van der Waals surface area contributed by atoms with Gasteiger partial charge in [0.25, 0.3) is 11.8 Å². The second-order valence-corrected chi connectivity index (χ2v) is 6.36. The molecule has 8 heteroatoms. The fourth-order valence-corrected chi connectivity index (χ4v) is 1.96. The fraction of sp³-hybridized carbons (Fsp3) is 0.368. The van der Waals surface area contributed by atoms with Crippen LogP contribution in [0.15, 0.2) is 24.3 Å². The molecule has 0 aliphatic heterocycles. The van der Waals surface area contributed by atoms with Gasteiger partial charge in [-0.05, 0) is 50.0 Å². The number of amides is 2. The van der Waals surface area contributed by atoms with Crippen molar-refractivity contribution in [2.75, 3.05) is 13.2 Å². The zero-order valence-electron chi connectivity index (χ0n) is 15.1. The number of rotatable bonds is 6. The van der Waals surface area contributed by atoms with Crippen LogP contribution in [0.2, 0.25) is 0 Å². The van der Waals surface area contributed by atoms with E-state index in [1.54, 1.807) is 26.0 Å². The third-order valence-electron chi connectivity index (χ3n) is 3.53. The highest BCUT2D eigenvalue weighted by atomic mass is 16.5. The zero-order valence-corrected chi connectivity index (χ0v) is 15.1. The van der Waals surface area contributed by atoms with E-state index in [0.29, 0.717) is 5.56 Å². The third-order valence-corrected chi connectivity index (χ3v) is 3.53. The Morgan fingerprint density at radius 1 is 1.15 bits per heavy atom. The quantitative estimate of drug-likeness (QED) is 0.214. The van der Waals surface area contributed by atoms with Gasteiger partial charge in [0, 0.05) is 16.7 Å². The van der Waals surface area contributed by atoms with Gasteiger partial charge in [-0.25, -0.2) is 5.48 Å². The van der Waals surface area contributed by atoms with E-state index < -0.39 is 29.3 Å². The molecule has 0 aliphatic carbocycles. The molecule has 1 aromatic carbocycles. The largest absolute Gasteiger partial charge is 0.395 e. The van der Waals surface area contributed by atoms with E-state index in [4.69, 9.17) is 21.2 Å². The fourth-order valence-electron chi connectivity index (χ4n) is 1.96. The minimum atomic E-state index is -1.13. The predicted molar refractivity (Wildman–Crippen MR) is 98.2 cm³/mol. The Morgan fingerprint density at radius 3 is 2.22 bits per heavy atom. The van der Waals surface area contributed by atoms with Gasteiger partial charge in [-0.3, -0.25) is 14.8 Å². The molecule has 0 aliphatic rings. The summed E-state index contributed by atoms with van der Waals surface area (Å²) in [6, 6.07) is 5.13. The molecule has 2 amide bonds. The van der Waals surface area contributed by atoms with Gasteiger partial charge < -0.3 is 21.3 Å². The minimum Gasteiger partial charge on any atom is -0.395 e. The molecule has 1 unspecified atom stereocenters. The number of aliphatic hydroxyl groups is 2. The molecule has 0 heterocycles. The lowest BCUT2D eigenvalue weighted by molar-refractivity contribution is -0.132. The molecular formula is C19H23N3O5. The molecule has 8 nitrogen and oxygen atoms in total. The van der Waals surface area contributed by atoms with Crippen molar-refractivity contribution >= 4 is 11.8 Å². The molecule has 0 saturated carbocycles. The maximum absolute atomic E-state index is 12.3. The van der Waals surface area contributed by atoms with Gasteiger partial charge in [0.05, 0.1) is 19.1 Å². The maximum Gasteiger partial charge on any atom is 0.267 e. The van der Waals surface area contributed by atoms with Gasteiger partial charge >= 0.3 is 0 Å². The number of aliphatic hydroxyl groups excluding tert-OH is 2. The van der Waals surface area contributed by atoms with Crippen LogP contribution in [-0.2, 0) is 4.79 Å². The molecule has 7 N–H and O–H groups in total. The second-order valence-electron chi connectivity index (χ2n) is 6.36. The van der Waals surface area contributed by atoms with Crippen LogP contribution in [0.3, 0.4) is 0 Å². The van der Waals surface area contributed by atoms with E-state index in [2.05, 4.69) is 29.0 Å². The highest BCUT2D eigenvalue weighted by molar-refractivity contribution is 5.97. The van der Waals surface area contributed by atoms with Crippen molar-refractivity contribution in [1.29, 1.82) is 0 Å². The molecule has 0 bridgehead atoms. The van der Waals surface area contributed by atoms with Crippen molar-refractivity contribution in [1.82, 2.24) is 10.8 Å². The van der Waals surface area contributed by atoms with Gasteiger partial charge in [0.2, 0.25) is 0 Å². The first-order valence-electron chi connectivity index (χ1n) is 8.10. The van der Waals surface area contributed by atoms with Crippen LogP contribution >= 0.6 is 0 Å². The Balaban J connectivity index is 2.84. The molecule has 0 radical (unpaired) electrons. The van der Waals surface area contributed by atoms with Crippen molar-refractivity contribution in [3.63, 3.8) is 0 Å². The molecule has 144 valence electrons. The van der Waals surface area contributed by atoms with E-state index in [-0.39, 0.29) is 18.8 Å². The summed E-state index contributed by atoms with van der Waals surface area (Å²) >= 11 is 0. The number of hydrogen-bond donors (Lipinski definition) is 6. The van der Waals surface area contributed by atoms with Crippen molar-refractivity contribution in [2.24, 2.45) is 11.7 Å². The highest BCUT2D eigenvalue weighted by Gasteiger charge is 2.33. The molecule has 0 aromatic heterocycles. The normalized spacial score (nSPS) is 11.5. The predicted octanol–water partition coefficient (Wildman–Crippen LogP) is -1.02.